The maximum atomic E-state index is 13.0. The van der Waals surface area contributed by atoms with Crippen LogP contribution in [0.2, 0.25) is 0 Å². The largest absolute Gasteiger partial charge is 0.493 e. The maximum absolute atomic E-state index is 13.0. The smallest absolute Gasteiger partial charge is 0.266 e. The molecule has 1 saturated heterocycles. The highest BCUT2D eigenvalue weighted by molar-refractivity contribution is 8.26. The molecule has 0 radical (unpaired) electrons. The predicted molar refractivity (Wildman–Crippen MR) is 157 cm³/mol. The molecule has 0 aromatic heterocycles. The van der Waals surface area contributed by atoms with E-state index in [-0.39, 0.29) is 11.7 Å². The molecule has 196 valence electrons. The number of carbonyl (C=O) groups excluding carboxylic acids is 2. The van der Waals surface area contributed by atoms with Crippen LogP contribution in [0.15, 0.2) is 83.8 Å². The van der Waals surface area contributed by atoms with Crippen LogP contribution in [0.25, 0.3) is 6.08 Å². The summed E-state index contributed by atoms with van der Waals surface area (Å²) in [5, 5.41) is 2.59. The van der Waals surface area contributed by atoms with Crippen molar-refractivity contribution in [2.24, 2.45) is 0 Å². The standard InChI is InChI=1S/C27H21Cl3N2O4S2/c1-35-21-14-18(15-22-24(34)32(26(37)38-22)16-17-8-4-2-5-9-17)12-13-20(21)36-25(27(28,29)30)31-23(33)19-10-6-3-7-11-19/h2-15,25H,16H2,1H3,(H,31,33)/b22-15-. The zero-order valence-corrected chi connectivity index (χ0v) is 23.8. The molecule has 1 N–H and O–H groups in total. The van der Waals surface area contributed by atoms with Gasteiger partial charge in [0.15, 0.2) is 11.5 Å². The van der Waals surface area contributed by atoms with E-state index in [2.05, 4.69) is 5.32 Å². The molecule has 0 bridgehead atoms. The molecule has 1 unspecified atom stereocenters. The molecule has 1 heterocycles. The molecule has 1 aliphatic heterocycles. The Morgan fingerprint density at radius 1 is 1.05 bits per heavy atom. The summed E-state index contributed by atoms with van der Waals surface area (Å²) in [7, 11) is 1.46. The van der Waals surface area contributed by atoms with Crippen molar-refractivity contribution in [3.63, 3.8) is 0 Å². The van der Waals surface area contributed by atoms with Crippen molar-refractivity contribution in [3.8, 4) is 11.5 Å². The Bertz CT molecular complexity index is 1370. The second-order valence-corrected chi connectivity index (χ2v) is 12.1. The van der Waals surface area contributed by atoms with Crippen molar-refractivity contribution in [1.82, 2.24) is 10.2 Å². The highest BCUT2D eigenvalue weighted by Crippen LogP contribution is 2.38. The van der Waals surface area contributed by atoms with Gasteiger partial charge in [0.2, 0.25) is 10.0 Å². The Hall–Kier alpha value is -2.75. The Kier molecular flexibility index (Phi) is 9.23. The van der Waals surface area contributed by atoms with Crippen LogP contribution in [0.4, 0.5) is 0 Å². The van der Waals surface area contributed by atoms with Crippen molar-refractivity contribution in [2.75, 3.05) is 7.11 Å². The van der Waals surface area contributed by atoms with Gasteiger partial charge in [-0.15, -0.1) is 0 Å². The summed E-state index contributed by atoms with van der Waals surface area (Å²) in [6.45, 7) is 0.395. The number of thioether (sulfide) groups is 1. The Morgan fingerprint density at radius 2 is 1.71 bits per heavy atom. The summed E-state index contributed by atoms with van der Waals surface area (Å²) in [5.74, 6) is -0.115. The van der Waals surface area contributed by atoms with Crippen LogP contribution in [0.1, 0.15) is 21.5 Å². The van der Waals surface area contributed by atoms with E-state index in [1.165, 1.54) is 18.9 Å². The number of alkyl halides is 3. The number of methoxy groups -OCH3 is 1. The Balaban J connectivity index is 1.52. The summed E-state index contributed by atoms with van der Waals surface area (Å²) >= 11 is 25.0. The Labute approximate surface area is 244 Å². The van der Waals surface area contributed by atoms with Gasteiger partial charge in [-0.3, -0.25) is 14.5 Å². The SMILES string of the molecule is COc1cc(/C=C2\SC(=S)N(Cc3ccccc3)C2=O)ccc1OC(NC(=O)c1ccccc1)C(Cl)(Cl)Cl. The van der Waals surface area contributed by atoms with E-state index >= 15 is 0 Å². The van der Waals surface area contributed by atoms with Gasteiger partial charge < -0.3 is 14.8 Å². The van der Waals surface area contributed by atoms with Gasteiger partial charge in [0.1, 0.15) is 4.32 Å². The van der Waals surface area contributed by atoms with Gasteiger partial charge in [-0.2, -0.15) is 0 Å². The summed E-state index contributed by atoms with van der Waals surface area (Å²) in [5.41, 5.74) is 2.03. The number of carbonyl (C=O) groups is 2. The molecule has 3 aromatic carbocycles. The summed E-state index contributed by atoms with van der Waals surface area (Å²) in [6.07, 6.45) is 0.398. The third-order valence-corrected chi connectivity index (χ3v) is 7.36. The second-order valence-electron chi connectivity index (χ2n) is 8.04. The topological polar surface area (TPSA) is 67.9 Å². The van der Waals surface area contributed by atoms with Crippen LogP contribution in [0.5, 0.6) is 11.5 Å². The molecule has 0 spiro atoms. The minimum absolute atomic E-state index is 0.178. The minimum atomic E-state index is -1.99. The minimum Gasteiger partial charge on any atom is -0.493 e. The molecule has 38 heavy (non-hydrogen) atoms. The third kappa shape index (κ3) is 7.01. The average molecular weight is 608 g/mol. The number of amides is 2. The zero-order valence-electron chi connectivity index (χ0n) is 19.9. The number of nitrogens with zero attached hydrogens (tertiary/aromatic N) is 1. The van der Waals surface area contributed by atoms with Gasteiger partial charge >= 0.3 is 0 Å². The van der Waals surface area contributed by atoms with Gasteiger partial charge in [-0.05, 0) is 41.5 Å². The molecular formula is C27H21Cl3N2O4S2. The van der Waals surface area contributed by atoms with Gasteiger partial charge in [0, 0.05) is 5.56 Å². The average Bonchev–Trinajstić information content (AvgIpc) is 3.16. The second kappa shape index (κ2) is 12.4. The molecule has 11 heteroatoms. The van der Waals surface area contributed by atoms with Gasteiger partial charge in [-0.1, -0.05) is 113 Å². The first kappa shape index (κ1) is 28.3. The van der Waals surface area contributed by atoms with E-state index in [1.54, 1.807) is 59.5 Å². The predicted octanol–water partition coefficient (Wildman–Crippen LogP) is 6.60. The molecule has 1 atom stereocenters. The van der Waals surface area contributed by atoms with Crippen molar-refractivity contribution >= 4 is 81.0 Å². The third-order valence-electron chi connectivity index (χ3n) is 5.38. The molecule has 2 amide bonds. The molecule has 0 saturated carbocycles. The number of ether oxygens (including phenoxy) is 2. The monoisotopic (exact) mass is 606 g/mol. The molecular weight excluding hydrogens is 587 g/mol. The van der Waals surface area contributed by atoms with Crippen LogP contribution in [0.3, 0.4) is 0 Å². The fourth-order valence-corrected chi connectivity index (χ4v) is 5.07. The number of rotatable bonds is 8. The van der Waals surface area contributed by atoms with Gasteiger partial charge in [0.25, 0.3) is 11.8 Å². The first-order valence-electron chi connectivity index (χ1n) is 11.2. The molecule has 1 aliphatic rings. The van der Waals surface area contributed by atoms with Crippen molar-refractivity contribution in [3.05, 3.63) is 100 Å². The fourth-order valence-electron chi connectivity index (χ4n) is 3.52. The number of benzene rings is 3. The van der Waals surface area contributed by atoms with Gasteiger partial charge in [-0.25, -0.2) is 0 Å². The van der Waals surface area contributed by atoms with E-state index in [4.69, 9.17) is 56.5 Å². The van der Waals surface area contributed by atoms with Crippen LogP contribution >= 0.6 is 58.8 Å². The normalized spacial score (nSPS) is 15.5. The highest BCUT2D eigenvalue weighted by Gasteiger charge is 2.37. The van der Waals surface area contributed by atoms with E-state index in [0.717, 1.165) is 5.56 Å². The molecule has 3 aromatic rings. The summed E-state index contributed by atoms with van der Waals surface area (Å²) < 4.78 is 9.84. The van der Waals surface area contributed by atoms with E-state index in [1.807, 2.05) is 30.3 Å². The lowest BCUT2D eigenvalue weighted by Gasteiger charge is -2.27. The lowest BCUT2D eigenvalue weighted by molar-refractivity contribution is -0.122. The van der Waals surface area contributed by atoms with Crippen molar-refractivity contribution < 1.29 is 19.1 Å². The highest BCUT2D eigenvalue weighted by atomic mass is 35.6. The van der Waals surface area contributed by atoms with Crippen molar-refractivity contribution in [1.29, 1.82) is 0 Å². The maximum Gasteiger partial charge on any atom is 0.266 e. The number of halogens is 3. The van der Waals surface area contributed by atoms with E-state index < -0.39 is 15.9 Å². The molecule has 4 rings (SSSR count). The summed E-state index contributed by atoms with van der Waals surface area (Å²) in [6, 6.07) is 23.1. The molecule has 6 nitrogen and oxygen atoms in total. The first-order chi connectivity index (χ1) is 18.2. The number of nitrogens with one attached hydrogen (secondary N) is 1. The number of thiocarbonyl (C=S) groups is 1. The zero-order chi connectivity index (χ0) is 27.3. The van der Waals surface area contributed by atoms with Crippen LogP contribution in [-0.4, -0.2) is 38.2 Å². The van der Waals surface area contributed by atoms with Crippen LogP contribution < -0.4 is 14.8 Å². The van der Waals surface area contributed by atoms with Crippen molar-refractivity contribution in [2.45, 2.75) is 16.6 Å². The number of hydrogen-bond donors (Lipinski definition) is 1. The molecule has 1 fully saturated rings. The van der Waals surface area contributed by atoms with Crippen LogP contribution in [0, 0.1) is 0 Å². The lowest BCUT2D eigenvalue weighted by atomic mass is 10.1. The fraction of sp³-hybridized carbons (Fsp3) is 0.148. The van der Waals surface area contributed by atoms with Crippen LogP contribution in [-0.2, 0) is 11.3 Å². The van der Waals surface area contributed by atoms with E-state index in [0.29, 0.717) is 32.6 Å². The van der Waals surface area contributed by atoms with Gasteiger partial charge in [0.05, 0.1) is 18.6 Å². The molecule has 0 aliphatic carbocycles. The Morgan fingerprint density at radius 3 is 2.34 bits per heavy atom. The number of hydrogen-bond acceptors (Lipinski definition) is 6. The quantitative estimate of drug-likeness (QED) is 0.135. The lowest BCUT2D eigenvalue weighted by Crippen LogP contribution is -2.47. The first-order valence-corrected chi connectivity index (χ1v) is 13.6. The summed E-state index contributed by atoms with van der Waals surface area (Å²) in [4.78, 5) is 27.7. The van der Waals surface area contributed by atoms with E-state index in [9.17, 15) is 9.59 Å².